The average Bonchev–Trinajstić information content (AvgIpc) is 2.28. The summed E-state index contributed by atoms with van der Waals surface area (Å²) < 4.78 is 0. The van der Waals surface area contributed by atoms with Crippen molar-refractivity contribution in [2.24, 2.45) is 0 Å². The molecule has 1 aromatic heterocycles. The molecule has 1 fully saturated rings. The number of pyridine rings is 1. The van der Waals surface area contributed by atoms with Crippen LogP contribution >= 0.6 is 11.6 Å². The van der Waals surface area contributed by atoms with Crippen molar-refractivity contribution in [2.45, 2.75) is 52.1 Å². The van der Waals surface area contributed by atoms with Gasteiger partial charge in [-0.05, 0) is 46.1 Å². The second-order valence-corrected chi connectivity index (χ2v) is 5.55. The Bertz CT molecular complexity index is 451. The summed E-state index contributed by atoms with van der Waals surface area (Å²) in [6, 6.07) is 2.30. The summed E-state index contributed by atoms with van der Waals surface area (Å²) in [6.45, 7) is 6.07. The minimum atomic E-state index is 0.00667. The molecule has 1 aliphatic heterocycles. The average molecular weight is 267 g/mol. The fourth-order valence-corrected chi connectivity index (χ4v) is 2.93. The molecule has 0 N–H and O–H groups in total. The van der Waals surface area contributed by atoms with Gasteiger partial charge in [0.25, 0.3) is 5.91 Å². The molecule has 1 aliphatic rings. The van der Waals surface area contributed by atoms with E-state index in [1.807, 2.05) is 11.8 Å². The number of nitrogens with zero attached hydrogens (tertiary/aromatic N) is 2. The summed E-state index contributed by atoms with van der Waals surface area (Å²) in [5.74, 6) is 0.00667. The maximum Gasteiger partial charge on any atom is 0.257 e. The molecule has 2 heterocycles. The molecule has 4 heteroatoms. The maximum absolute atomic E-state index is 12.6. The van der Waals surface area contributed by atoms with Crippen molar-refractivity contribution in [3.8, 4) is 0 Å². The molecular weight excluding hydrogens is 248 g/mol. The first-order chi connectivity index (χ1) is 8.50. The number of rotatable bonds is 1. The highest BCUT2D eigenvalue weighted by molar-refractivity contribution is 6.33. The van der Waals surface area contributed by atoms with Gasteiger partial charge in [-0.15, -0.1) is 0 Å². The van der Waals surface area contributed by atoms with E-state index in [-0.39, 0.29) is 18.0 Å². The van der Waals surface area contributed by atoms with Gasteiger partial charge < -0.3 is 4.90 Å². The van der Waals surface area contributed by atoms with Crippen LogP contribution in [-0.4, -0.2) is 27.9 Å². The van der Waals surface area contributed by atoms with E-state index in [1.54, 1.807) is 12.3 Å². The zero-order chi connectivity index (χ0) is 13.3. The molecular formula is C14H19ClN2O. The highest BCUT2D eigenvalue weighted by Gasteiger charge is 2.30. The normalized spacial score (nSPS) is 24.1. The van der Waals surface area contributed by atoms with Crippen molar-refractivity contribution in [1.29, 1.82) is 0 Å². The summed E-state index contributed by atoms with van der Waals surface area (Å²) in [5, 5.41) is 0.498. The Hall–Kier alpha value is -1.09. The summed E-state index contributed by atoms with van der Waals surface area (Å²) in [6.07, 6.45) is 4.90. The predicted octanol–water partition coefficient (Wildman–Crippen LogP) is 3.45. The van der Waals surface area contributed by atoms with E-state index in [4.69, 9.17) is 11.6 Å². The molecule has 0 unspecified atom stereocenters. The molecule has 0 bridgehead atoms. The Kier molecular flexibility index (Phi) is 3.91. The molecule has 1 aromatic rings. The predicted molar refractivity (Wildman–Crippen MR) is 72.9 cm³/mol. The van der Waals surface area contributed by atoms with Crippen LogP contribution in [0.4, 0.5) is 0 Å². The Morgan fingerprint density at radius 3 is 2.56 bits per heavy atom. The monoisotopic (exact) mass is 266 g/mol. The molecule has 0 saturated carbocycles. The Morgan fingerprint density at radius 1 is 1.39 bits per heavy atom. The van der Waals surface area contributed by atoms with Crippen molar-refractivity contribution in [2.75, 3.05) is 0 Å². The van der Waals surface area contributed by atoms with Crippen LogP contribution in [0.15, 0.2) is 12.3 Å². The minimum Gasteiger partial charge on any atom is -0.333 e. The van der Waals surface area contributed by atoms with Crippen LogP contribution in [0.5, 0.6) is 0 Å². The lowest BCUT2D eigenvalue weighted by atomic mass is 9.96. The highest BCUT2D eigenvalue weighted by Crippen LogP contribution is 2.26. The van der Waals surface area contributed by atoms with Gasteiger partial charge in [0.1, 0.15) is 0 Å². The Balaban J connectivity index is 2.29. The van der Waals surface area contributed by atoms with E-state index in [1.165, 1.54) is 6.42 Å². The first-order valence-electron chi connectivity index (χ1n) is 6.45. The topological polar surface area (TPSA) is 33.2 Å². The maximum atomic E-state index is 12.6. The number of carbonyl (C=O) groups excluding carboxylic acids is 1. The fourth-order valence-electron chi connectivity index (χ4n) is 2.64. The molecule has 1 saturated heterocycles. The molecule has 0 aliphatic carbocycles. The van der Waals surface area contributed by atoms with E-state index in [9.17, 15) is 4.79 Å². The van der Waals surface area contributed by atoms with Crippen LogP contribution in [0.25, 0.3) is 0 Å². The zero-order valence-corrected chi connectivity index (χ0v) is 11.9. The first kappa shape index (κ1) is 13.3. The second kappa shape index (κ2) is 5.27. The van der Waals surface area contributed by atoms with E-state index >= 15 is 0 Å². The smallest absolute Gasteiger partial charge is 0.257 e. The number of likely N-dealkylation sites (tertiary alicyclic amines) is 1. The molecule has 2 atom stereocenters. The van der Waals surface area contributed by atoms with Crippen molar-refractivity contribution in [3.63, 3.8) is 0 Å². The molecule has 98 valence electrons. The van der Waals surface area contributed by atoms with Crippen LogP contribution in [0.3, 0.4) is 0 Å². The van der Waals surface area contributed by atoms with Crippen molar-refractivity contribution in [1.82, 2.24) is 9.88 Å². The number of aryl methyl sites for hydroxylation is 1. The number of carbonyl (C=O) groups is 1. The quantitative estimate of drug-likeness (QED) is 0.780. The molecule has 0 spiro atoms. The van der Waals surface area contributed by atoms with Gasteiger partial charge in [0, 0.05) is 24.0 Å². The van der Waals surface area contributed by atoms with Gasteiger partial charge in [0.2, 0.25) is 0 Å². The summed E-state index contributed by atoms with van der Waals surface area (Å²) in [5.41, 5.74) is 1.35. The SMILES string of the molecule is Cc1cc(Cl)c(C(=O)N2[C@H](C)CCC[C@@H]2C)cn1. The van der Waals surface area contributed by atoms with Gasteiger partial charge in [0.05, 0.1) is 10.6 Å². The molecule has 3 nitrogen and oxygen atoms in total. The lowest BCUT2D eigenvalue weighted by Gasteiger charge is -2.39. The number of aromatic nitrogens is 1. The number of amides is 1. The van der Waals surface area contributed by atoms with Gasteiger partial charge >= 0.3 is 0 Å². The van der Waals surface area contributed by atoms with Gasteiger partial charge in [0.15, 0.2) is 0 Å². The van der Waals surface area contributed by atoms with E-state index in [0.29, 0.717) is 10.6 Å². The van der Waals surface area contributed by atoms with Crippen LogP contribution in [-0.2, 0) is 0 Å². The van der Waals surface area contributed by atoms with E-state index in [2.05, 4.69) is 18.8 Å². The summed E-state index contributed by atoms with van der Waals surface area (Å²) >= 11 is 6.15. The van der Waals surface area contributed by atoms with Crippen molar-refractivity contribution < 1.29 is 4.79 Å². The number of piperidine rings is 1. The largest absolute Gasteiger partial charge is 0.333 e. The number of hydrogen-bond donors (Lipinski definition) is 0. The standard InChI is InChI=1S/C14H19ClN2O/c1-9-7-13(15)12(8-16-9)14(18)17-10(2)5-4-6-11(17)3/h7-8,10-11H,4-6H2,1-3H3/t10-,11+. The lowest BCUT2D eigenvalue weighted by molar-refractivity contribution is 0.0510. The van der Waals surface area contributed by atoms with Crippen molar-refractivity contribution >= 4 is 17.5 Å². The van der Waals surface area contributed by atoms with Gasteiger partial charge in [-0.2, -0.15) is 0 Å². The fraction of sp³-hybridized carbons (Fsp3) is 0.571. The second-order valence-electron chi connectivity index (χ2n) is 5.15. The Morgan fingerprint density at radius 2 is 2.00 bits per heavy atom. The highest BCUT2D eigenvalue weighted by atomic mass is 35.5. The molecule has 18 heavy (non-hydrogen) atoms. The van der Waals surface area contributed by atoms with E-state index < -0.39 is 0 Å². The molecule has 2 rings (SSSR count). The third-order valence-corrected chi connectivity index (χ3v) is 3.96. The number of halogens is 1. The Labute approximate surface area is 113 Å². The van der Waals surface area contributed by atoms with Gasteiger partial charge in [-0.25, -0.2) is 0 Å². The van der Waals surface area contributed by atoms with Crippen LogP contribution in [0.2, 0.25) is 5.02 Å². The lowest BCUT2D eigenvalue weighted by Crippen LogP contribution is -2.47. The third-order valence-electron chi connectivity index (χ3n) is 3.65. The molecule has 0 radical (unpaired) electrons. The third kappa shape index (κ3) is 2.51. The number of hydrogen-bond acceptors (Lipinski definition) is 2. The van der Waals surface area contributed by atoms with E-state index in [0.717, 1.165) is 18.5 Å². The van der Waals surface area contributed by atoms with Crippen LogP contribution in [0.1, 0.15) is 49.2 Å². The van der Waals surface area contributed by atoms with Crippen LogP contribution < -0.4 is 0 Å². The summed E-state index contributed by atoms with van der Waals surface area (Å²) in [7, 11) is 0. The van der Waals surface area contributed by atoms with Gasteiger partial charge in [-0.3, -0.25) is 9.78 Å². The van der Waals surface area contributed by atoms with Crippen molar-refractivity contribution in [3.05, 3.63) is 28.5 Å². The first-order valence-corrected chi connectivity index (χ1v) is 6.83. The molecule has 0 aromatic carbocycles. The molecule has 1 amide bonds. The minimum absolute atomic E-state index is 0.00667. The zero-order valence-electron chi connectivity index (χ0n) is 11.1. The summed E-state index contributed by atoms with van der Waals surface area (Å²) in [4.78, 5) is 18.7. The van der Waals surface area contributed by atoms with Gasteiger partial charge in [-0.1, -0.05) is 11.6 Å². The van der Waals surface area contributed by atoms with Crippen LogP contribution in [0, 0.1) is 6.92 Å².